The van der Waals surface area contributed by atoms with Gasteiger partial charge in [0.1, 0.15) is 17.2 Å². The Morgan fingerprint density at radius 1 is 0.639 bits per heavy atom. The number of hydrogen-bond acceptors (Lipinski definition) is 6. The summed E-state index contributed by atoms with van der Waals surface area (Å²) in [6, 6.07) is 21.3. The van der Waals surface area contributed by atoms with Gasteiger partial charge in [0, 0.05) is 0 Å². The molecule has 0 radical (unpaired) electrons. The molecule has 6 nitrogen and oxygen atoms in total. The van der Waals surface area contributed by atoms with Crippen LogP contribution in [0.5, 0.6) is 17.2 Å². The summed E-state index contributed by atoms with van der Waals surface area (Å²) < 4.78 is 16.4. The smallest absolute Gasteiger partial charge is 0.343 e. The third-order valence-corrected chi connectivity index (χ3v) is 5.76. The number of ether oxygens (including phenoxy) is 3. The lowest BCUT2D eigenvalue weighted by atomic mass is 10.1. The van der Waals surface area contributed by atoms with Gasteiger partial charge in [0.25, 0.3) is 0 Å². The molecule has 3 rings (SSSR count). The highest BCUT2D eigenvalue weighted by Gasteiger charge is 2.08. The molecule has 0 fully saturated rings. The fourth-order valence-electron chi connectivity index (χ4n) is 3.62. The first-order valence-corrected chi connectivity index (χ1v) is 12.8. The molecule has 0 N–H and O–H groups in total. The maximum Gasteiger partial charge on any atom is 0.343 e. The van der Waals surface area contributed by atoms with Gasteiger partial charge < -0.3 is 14.2 Å². The minimum absolute atomic E-state index is 0.434. The van der Waals surface area contributed by atoms with Crippen LogP contribution in [0, 0.1) is 0 Å². The second kappa shape index (κ2) is 15.4. The number of carbonyl (C=O) groups excluding carboxylic acids is 1. The Hall–Kier alpha value is -3.67. The van der Waals surface area contributed by atoms with E-state index in [1.807, 2.05) is 24.3 Å². The summed E-state index contributed by atoms with van der Waals surface area (Å²) in [5.74, 6) is 1.53. The zero-order valence-corrected chi connectivity index (χ0v) is 21.3. The van der Waals surface area contributed by atoms with Crippen molar-refractivity contribution in [3.05, 3.63) is 78.4 Å². The van der Waals surface area contributed by atoms with Crippen LogP contribution in [0.3, 0.4) is 0 Å². The van der Waals surface area contributed by atoms with E-state index in [-0.39, 0.29) is 0 Å². The Morgan fingerprint density at radius 3 is 1.69 bits per heavy atom. The van der Waals surface area contributed by atoms with E-state index in [9.17, 15) is 4.79 Å². The first kappa shape index (κ1) is 26.9. The number of nitrogens with zero attached hydrogens (tertiary/aromatic N) is 2. The normalized spacial score (nSPS) is 10.9. The van der Waals surface area contributed by atoms with E-state index < -0.39 is 5.97 Å². The van der Waals surface area contributed by atoms with Gasteiger partial charge in [0.2, 0.25) is 0 Å². The minimum atomic E-state index is -0.434. The second-order valence-electron chi connectivity index (χ2n) is 8.63. The van der Waals surface area contributed by atoms with Gasteiger partial charge in [0.05, 0.1) is 30.7 Å². The maximum absolute atomic E-state index is 12.3. The van der Waals surface area contributed by atoms with Crippen LogP contribution in [0.2, 0.25) is 0 Å². The summed E-state index contributed by atoms with van der Waals surface area (Å²) in [4.78, 5) is 12.3. The molecule has 0 saturated heterocycles. The molecule has 0 bridgehead atoms. The molecule has 0 aliphatic rings. The molecule has 0 aromatic heterocycles. The Labute approximate surface area is 214 Å². The molecule has 0 aliphatic heterocycles. The van der Waals surface area contributed by atoms with Gasteiger partial charge in [-0.15, -0.1) is 0 Å². The van der Waals surface area contributed by atoms with Crippen LogP contribution in [0.15, 0.2) is 83.0 Å². The van der Waals surface area contributed by atoms with Crippen LogP contribution < -0.4 is 14.2 Å². The van der Waals surface area contributed by atoms with Crippen LogP contribution >= 0.6 is 0 Å². The van der Waals surface area contributed by atoms with Crippen molar-refractivity contribution in [3.63, 3.8) is 0 Å². The summed E-state index contributed by atoms with van der Waals surface area (Å²) in [5, 5.41) is 8.53. The molecule has 0 atom stereocenters. The molecule has 0 heterocycles. The SMILES string of the molecule is CCCCCCCCCCOc1ccc(N=Nc2ccc(OC(=O)c3ccc(OC)cc3)cc2)cc1. The van der Waals surface area contributed by atoms with Gasteiger partial charge >= 0.3 is 5.97 Å². The molecule has 0 unspecified atom stereocenters. The van der Waals surface area contributed by atoms with Gasteiger partial charge in [-0.05, 0) is 79.2 Å². The van der Waals surface area contributed by atoms with Crippen molar-refractivity contribution in [3.8, 4) is 17.2 Å². The van der Waals surface area contributed by atoms with Crippen molar-refractivity contribution in [2.45, 2.75) is 58.3 Å². The van der Waals surface area contributed by atoms with Crippen LogP contribution in [-0.2, 0) is 0 Å². The number of rotatable bonds is 15. The summed E-state index contributed by atoms with van der Waals surface area (Å²) in [5.41, 5.74) is 1.85. The second-order valence-corrected chi connectivity index (χ2v) is 8.63. The Morgan fingerprint density at radius 2 is 1.14 bits per heavy atom. The van der Waals surface area contributed by atoms with E-state index in [4.69, 9.17) is 14.2 Å². The number of carbonyl (C=O) groups is 1. The number of methoxy groups -OCH3 is 1. The van der Waals surface area contributed by atoms with Gasteiger partial charge in [-0.25, -0.2) is 4.79 Å². The van der Waals surface area contributed by atoms with Crippen molar-refractivity contribution in [2.24, 2.45) is 10.2 Å². The van der Waals surface area contributed by atoms with Crippen molar-refractivity contribution in [1.29, 1.82) is 0 Å². The van der Waals surface area contributed by atoms with E-state index in [0.717, 1.165) is 24.5 Å². The predicted octanol–water partition coefficient (Wildman–Crippen LogP) is 8.85. The zero-order chi connectivity index (χ0) is 25.4. The van der Waals surface area contributed by atoms with E-state index in [0.29, 0.717) is 22.7 Å². The van der Waals surface area contributed by atoms with Crippen LogP contribution in [0.1, 0.15) is 68.6 Å². The van der Waals surface area contributed by atoms with Crippen molar-refractivity contribution >= 4 is 17.3 Å². The van der Waals surface area contributed by atoms with Gasteiger partial charge in [-0.2, -0.15) is 10.2 Å². The van der Waals surface area contributed by atoms with Crippen molar-refractivity contribution in [1.82, 2.24) is 0 Å². The fraction of sp³-hybridized carbons (Fsp3) is 0.367. The number of azo groups is 1. The van der Waals surface area contributed by atoms with E-state index in [1.54, 1.807) is 55.6 Å². The molecule has 0 aliphatic carbocycles. The molecular weight excluding hydrogens is 452 g/mol. The number of benzene rings is 3. The van der Waals surface area contributed by atoms with Gasteiger partial charge in [-0.1, -0.05) is 51.9 Å². The first-order chi connectivity index (χ1) is 17.7. The number of unbranched alkanes of at least 4 members (excludes halogenated alkanes) is 7. The molecule has 0 saturated carbocycles. The third kappa shape index (κ3) is 9.53. The molecule has 3 aromatic carbocycles. The lowest BCUT2D eigenvalue weighted by molar-refractivity contribution is 0.0734. The van der Waals surface area contributed by atoms with Crippen LogP contribution in [0.25, 0.3) is 0 Å². The third-order valence-electron chi connectivity index (χ3n) is 5.76. The average Bonchev–Trinajstić information content (AvgIpc) is 2.92. The maximum atomic E-state index is 12.3. The molecule has 3 aromatic rings. The minimum Gasteiger partial charge on any atom is -0.497 e. The highest BCUT2D eigenvalue weighted by molar-refractivity contribution is 5.91. The summed E-state index contributed by atoms with van der Waals surface area (Å²) in [7, 11) is 1.58. The van der Waals surface area contributed by atoms with Gasteiger partial charge in [-0.3, -0.25) is 0 Å². The average molecular weight is 489 g/mol. The lowest BCUT2D eigenvalue weighted by Crippen LogP contribution is -2.08. The monoisotopic (exact) mass is 488 g/mol. The molecule has 0 spiro atoms. The van der Waals surface area contributed by atoms with Crippen molar-refractivity contribution < 1.29 is 19.0 Å². The van der Waals surface area contributed by atoms with E-state index >= 15 is 0 Å². The Kier molecular flexibility index (Phi) is 11.5. The van der Waals surface area contributed by atoms with Crippen molar-refractivity contribution in [2.75, 3.05) is 13.7 Å². The first-order valence-electron chi connectivity index (χ1n) is 12.8. The topological polar surface area (TPSA) is 69.5 Å². The highest BCUT2D eigenvalue weighted by atomic mass is 16.5. The summed E-state index contributed by atoms with van der Waals surface area (Å²) in [6.07, 6.45) is 10.3. The summed E-state index contributed by atoms with van der Waals surface area (Å²) >= 11 is 0. The quantitative estimate of drug-likeness (QED) is 0.0927. The largest absolute Gasteiger partial charge is 0.497 e. The molecule has 190 valence electrons. The molecular formula is C30H36N2O4. The summed E-state index contributed by atoms with van der Waals surface area (Å²) in [6.45, 7) is 2.99. The molecule has 6 heteroatoms. The number of hydrogen-bond donors (Lipinski definition) is 0. The fourth-order valence-corrected chi connectivity index (χ4v) is 3.62. The van der Waals surface area contributed by atoms with Crippen LogP contribution in [-0.4, -0.2) is 19.7 Å². The van der Waals surface area contributed by atoms with E-state index in [2.05, 4.69) is 17.2 Å². The highest BCUT2D eigenvalue weighted by Crippen LogP contribution is 2.24. The Balaban J connectivity index is 1.38. The van der Waals surface area contributed by atoms with E-state index in [1.165, 1.54) is 44.9 Å². The standard InChI is InChI=1S/C30H36N2O4/c1-3-4-5-6-7-8-9-10-23-35-28-19-13-25(14-20-28)31-32-26-15-21-29(22-16-26)36-30(33)24-11-17-27(34-2)18-12-24/h11-22H,3-10,23H2,1-2H3. The predicted molar refractivity (Wildman–Crippen MR) is 143 cm³/mol. The van der Waals surface area contributed by atoms with Gasteiger partial charge in [0.15, 0.2) is 0 Å². The Bertz CT molecular complexity index is 1060. The lowest BCUT2D eigenvalue weighted by Gasteiger charge is -2.06. The molecule has 36 heavy (non-hydrogen) atoms. The van der Waals surface area contributed by atoms with Crippen LogP contribution in [0.4, 0.5) is 11.4 Å². The number of esters is 1. The zero-order valence-electron chi connectivity index (χ0n) is 21.3. The molecule has 0 amide bonds.